The van der Waals surface area contributed by atoms with E-state index in [1.807, 2.05) is 6.92 Å². The Morgan fingerprint density at radius 3 is 2.15 bits per heavy atom. The molecule has 0 aliphatic carbocycles. The van der Waals surface area contributed by atoms with Crippen molar-refractivity contribution in [1.82, 2.24) is 0 Å². The van der Waals surface area contributed by atoms with Gasteiger partial charge >= 0.3 is 19.8 Å². The van der Waals surface area contributed by atoms with Crippen LogP contribution in [0.2, 0.25) is 0 Å². The molecule has 0 radical (unpaired) electrons. The number of esters is 2. The molecule has 0 heterocycles. The quantitative estimate of drug-likeness (QED) is 0.0934. The highest BCUT2D eigenvalue weighted by atomic mass is 31.2. The van der Waals surface area contributed by atoms with Crippen molar-refractivity contribution < 1.29 is 47.8 Å². The zero-order chi connectivity index (χ0) is 25.0. The number of allylic oxidation sites excluding steroid dienone is 2. The molecule has 0 aliphatic rings. The molecule has 3 atom stereocenters. The minimum atomic E-state index is -4.56. The second-order valence-electron chi connectivity index (χ2n) is 7.63. The Labute approximate surface area is 196 Å². The van der Waals surface area contributed by atoms with Gasteiger partial charge in [-0.25, -0.2) is 4.57 Å². The average molecular weight is 497 g/mol. The minimum absolute atomic E-state index is 0.123. The van der Waals surface area contributed by atoms with Gasteiger partial charge in [0.25, 0.3) is 0 Å². The van der Waals surface area contributed by atoms with Gasteiger partial charge in [-0.3, -0.25) is 18.6 Å². The molecule has 0 amide bonds. The van der Waals surface area contributed by atoms with Crippen LogP contribution < -0.4 is 0 Å². The Morgan fingerprint density at radius 1 is 0.939 bits per heavy atom. The van der Waals surface area contributed by atoms with Gasteiger partial charge in [-0.2, -0.15) is 0 Å². The molecular weight excluding hydrogens is 455 g/mol. The summed E-state index contributed by atoms with van der Waals surface area (Å²) in [6.07, 6.45) is 10.5. The van der Waals surface area contributed by atoms with E-state index in [1.54, 1.807) is 6.92 Å². The smallest absolute Gasteiger partial charge is 0.462 e. The average Bonchev–Trinajstić information content (AvgIpc) is 2.80. The highest BCUT2D eigenvalue weighted by molar-refractivity contribution is 7.47. The number of aliphatic hydroxyl groups is 2. The molecule has 194 valence electrons. The van der Waals surface area contributed by atoms with Gasteiger partial charge in [-0.15, -0.1) is 0 Å². The standard InChI is InChI=1S/C22H41O10P/c1-3-5-6-7-8-9-10-11-12-13-14-22(26)32-20(17-29-21(25)4-2)18-31-33(27,28)30-16-19(24)15-23/h3,5,19-20,23-24H,4,6-18H2,1-2H3,(H,27,28)/b5-3-/t19-,20+/m0/s1. The monoisotopic (exact) mass is 496 g/mol. The summed E-state index contributed by atoms with van der Waals surface area (Å²) < 4.78 is 31.4. The molecule has 0 aliphatic heterocycles. The number of aliphatic hydroxyl groups excluding tert-OH is 2. The summed E-state index contributed by atoms with van der Waals surface area (Å²) in [7, 11) is -4.56. The predicted molar refractivity (Wildman–Crippen MR) is 122 cm³/mol. The van der Waals surface area contributed by atoms with Crippen molar-refractivity contribution >= 4 is 19.8 Å². The number of phosphoric ester groups is 1. The van der Waals surface area contributed by atoms with Gasteiger partial charge in [0.1, 0.15) is 12.7 Å². The summed E-state index contributed by atoms with van der Waals surface area (Å²) in [4.78, 5) is 33.2. The number of hydrogen-bond donors (Lipinski definition) is 3. The van der Waals surface area contributed by atoms with Gasteiger partial charge in [0.2, 0.25) is 0 Å². The number of phosphoric acid groups is 1. The molecule has 0 saturated heterocycles. The van der Waals surface area contributed by atoms with E-state index < -0.39 is 51.8 Å². The Morgan fingerprint density at radius 2 is 1.55 bits per heavy atom. The Bertz CT molecular complexity index is 596. The molecule has 0 aromatic heterocycles. The lowest BCUT2D eigenvalue weighted by atomic mass is 10.1. The van der Waals surface area contributed by atoms with Crippen LogP contribution >= 0.6 is 7.82 Å². The van der Waals surface area contributed by atoms with Gasteiger partial charge in [0.05, 0.1) is 19.8 Å². The lowest BCUT2D eigenvalue weighted by molar-refractivity contribution is -0.161. The highest BCUT2D eigenvalue weighted by Gasteiger charge is 2.26. The van der Waals surface area contributed by atoms with Crippen molar-refractivity contribution in [3.05, 3.63) is 12.2 Å². The van der Waals surface area contributed by atoms with E-state index in [-0.39, 0.29) is 19.4 Å². The van der Waals surface area contributed by atoms with Crippen LogP contribution in [-0.4, -0.2) is 65.7 Å². The summed E-state index contributed by atoms with van der Waals surface area (Å²) in [5.41, 5.74) is 0. The van der Waals surface area contributed by atoms with Crippen molar-refractivity contribution in [2.45, 2.75) is 90.3 Å². The number of carbonyl (C=O) groups excluding carboxylic acids is 2. The van der Waals surface area contributed by atoms with Gasteiger partial charge in [0.15, 0.2) is 6.10 Å². The van der Waals surface area contributed by atoms with Crippen LogP contribution in [0, 0.1) is 0 Å². The largest absolute Gasteiger partial charge is 0.472 e. The number of ether oxygens (including phenoxy) is 2. The number of rotatable bonds is 21. The van der Waals surface area contributed by atoms with E-state index in [1.165, 1.54) is 19.3 Å². The molecule has 0 aromatic rings. The van der Waals surface area contributed by atoms with E-state index in [9.17, 15) is 24.2 Å². The SMILES string of the molecule is C/C=C\CCCCCCCCCC(=O)O[C@H](COC(=O)CC)COP(=O)(O)OC[C@@H](O)CO. The first kappa shape index (κ1) is 31.7. The number of carbonyl (C=O) groups is 2. The normalized spacial score (nSPS) is 15.2. The second-order valence-corrected chi connectivity index (χ2v) is 9.08. The summed E-state index contributed by atoms with van der Waals surface area (Å²) >= 11 is 0. The fraction of sp³-hybridized carbons (Fsp3) is 0.818. The summed E-state index contributed by atoms with van der Waals surface area (Å²) in [5, 5.41) is 17.9. The van der Waals surface area contributed by atoms with Crippen molar-refractivity contribution in [1.29, 1.82) is 0 Å². The Balaban J connectivity index is 4.30. The van der Waals surface area contributed by atoms with Gasteiger partial charge in [-0.05, 0) is 26.2 Å². The summed E-state index contributed by atoms with van der Waals surface area (Å²) in [5.74, 6) is -1.04. The summed E-state index contributed by atoms with van der Waals surface area (Å²) in [6, 6.07) is 0. The van der Waals surface area contributed by atoms with Crippen molar-refractivity contribution in [2.24, 2.45) is 0 Å². The van der Waals surface area contributed by atoms with Crippen LogP contribution in [0.25, 0.3) is 0 Å². The third-order valence-corrected chi connectivity index (χ3v) is 5.52. The molecular formula is C22H41O10P. The number of unbranched alkanes of at least 4 members (excludes halogenated alkanes) is 7. The molecule has 1 unspecified atom stereocenters. The Kier molecular flexibility index (Phi) is 19.3. The molecule has 0 saturated carbocycles. The third kappa shape index (κ3) is 19.9. The van der Waals surface area contributed by atoms with E-state index in [0.717, 1.165) is 25.7 Å². The van der Waals surface area contributed by atoms with Crippen LogP contribution in [0.5, 0.6) is 0 Å². The third-order valence-electron chi connectivity index (χ3n) is 4.57. The minimum Gasteiger partial charge on any atom is -0.462 e. The van der Waals surface area contributed by atoms with Crippen LogP contribution in [0.3, 0.4) is 0 Å². The number of hydrogen-bond acceptors (Lipinski definition) is 9. The lowest BCUT2D eigenvalue weighted by Gasteiger charge is -2.20. The van der Waals surface area contributed by atoms with Crippen LogP contribution in [-0.2, 0) is 32.7 Å². The lowest BCUT2D eigenvalue weighted by Crippen LogP contribution is -2.29. The molecule has 11 heteroatoms. The second kappa shape index (κ2) is 20.1. The first-order chi connectivity index (χ1) is 15.7. The van der Waals surface area contributed by atoms with Gasteiger partial charge in [0, 0.05) is 12.8 Å². The maximum atomic E-state index is 12.1. The summed E-state index contributed by atoms with van der Waals surface area (Å²) in [6.45, 7) is 1.48. The fourth-order valence-corrected chi connectivity index (χ4v) is 3.47. The predicted octanol–water partition coefficient (Wildman–Crippen LogP) is 3.43. The van der Waals surface area contributed by atoms with Crippen molar-refractivity contribution in [3.63, 3.8) is 0 Å². The van der Waals surface area contributed by atoms with Crippen LogP contribution in [0.1, 0.15) is 78.1 Å². The van der Waals surface area contributed by atoms with E-state index >= 15 is 0 Å². The zero-order valence-corrected chi connectivity index (χ0v) is 20.7. The zero-order valence-electron chi connectivity index (χ0n) is 19.9. The molecule has 3 N–H and O–H groups in total. The van der Waals surface area contributed by atoms with E-state index in [4.69, 9.17) is 19.1 Å². The highest BCUT2D eigenvalue weighted by Crippen LogP contribution is 2.43. The molecule has 0 rings (SSSR count). The van der Waals surface area contributed by atoms with Crippen LogP contribution in [0.15, 0.2) is 12.2 Å². The fourth-order valence-electron chi connectivity index (χ4n) is 2.68. The van der Waals surface area contributed by atoms with Crippen molar-refractivity contribution in [2.75, 3.05) is 26.4 Å². The topological polar surface area (TPSA) is 149 Å². The molecule has 0 fully saturated rings. The first-order valence-corrected chi connectivity index (χ1v) is 13.1. The molecule has 0 aromatic carbocycles. The van der Waals surface area contributed by atoms with E-state index in [0.29, 0.717) is 6.42 Å². The first-order valence-electron chi connectivity index (χ1n) is 11.6. The molecule has 10 nitrogen and oxygen atoms in total. The van der Waals surface area contributed by atoms with Gasteiger partial charge in [-0.1, -0.05) is 51.2 Å². The van der Waals surface area contributed by atoms with Crippen molar-refractivity contribution in [3.8, 4) is 0 Å². The maximum Gasteiger partial charge on any atom is 0.472 e. The molecule has 33 heavy (non-hydrogen) atoms. The maximum absolute atomic E-state index is 12.1. The van der Waals surface area contributed by atoms with Gasteiger partial charge < -0.3 is 24.6 Å². The Hall–Kier alpha value is -1.29. The van der Waals surface area contributed by atoms with Crippen LogP contribution in [0.4, 0.5) is 0 Å². The molecule has 0 bridgehead atoms. The molecule has 0 spiro atoms. The van der Waals surface area contributed by atoms with E-state index in [2.05, 4.69) is 16.7 Å².